The fourth-order valence-electron chi connectivity index (χ4n) is 7.17. The van der Waals surface area contributed by atoms with E-state index in [1.54, 1.807) is 0 Å². The van der Waals surface area contributed by atoms with E-state index in [4.69, 9.17) is 13.3 Å². The van der Waals surface area contributed by atoms with Gasteiger partial charge in [-0.2, -0.15) is 0 Å². The van der Waals surface area contributed by atoms with Crippen molar-refractivity contribution in [3.05, 3.63) is 0 Å². The van der Waals surface area contributed by atoms with Crippen LogP contribution < -0.4 is 0 Å². The van der Waals surface area contributed by atoms with Gasteiger partial charge in [0.1, 0.15) is 22.3 Å². The molecule has 0 aliphatic carbocycles. The fourth-order valence-corrected chi connectivity index (χ4v) is 23.4. The molecule has 5 nitrogen and oxygen atoms in total. The summed E-state index contributed by atoms with van der Waals surface area (Å²) in [6, 6.07) is 8.28. The number of rotatable bonds is 18. The van der Waals surface area contributed by atoms with Gasteiger partial charge in [-0.05, 0) is 55.8 Å². The highest BCUT2D eigenvalue weighted by Gasteiger charge is 2.61. The van der Waals surface area contributed by atoms with Gasteiger partial charge in [0, 0.05) is 21.3 Å². The lowest BCUT2D eigenvalue weighted by atomic mass is 10.4. The van der Waals surface area contributed by atoms with Gasteiger partial charge in [0.25, 0.3) is 0 Å². The van der Waals surface area contributed by atoms with Gasteiger partial charge >= 0.3 is 8.80 Å². The summed E-state index contributed by atoms with van der Waals surface area (Å²) < 4.78 is 25.1. The third-order valence-electron chi connectivity index (χ3n) is 8.07. The van der Waals surface area contributed by atoms with E-state index >= 15 is 0 Å². The van der Waals surface area contributed by atoms with Crippen molar-refractivity contribution in [1.82, 2.24) is 9.13 Å². The summed E-state index contributed by atoms with van der Waals surface area (Å²) in [5.41, 5.74) is 0. The topological polar surface area (TPSA) is 34.2 Å². The zero-order chi connectivity index (χ0) is 25.0. The molecule has 198 valence electrons. The van der Waals surface area contributed by atoms with E-state index in [2.05, 4.69) is 50.7 Å². The van der Waals surface area contributed by atoms with Crippen LogP contribution in [0.3, 0.4) is 0 Å². The molecular weight excluding hydrogens is 461 g/mol. The summed E-state index contributed by atoms with van der Waals surface area (Å²) >= 11 is 0. The van der Waals surface area contributed by atoms with E-state index < -0.39 is 25.3 Å². The van der Waals surface area contributed by atoms with Crippen LogP contribution in [0.25, 0.3) is 0 Å². The minimum Gasteiger partial charge on any atom is -0.375 e. The monoisotopic (exact) mass is 518 g/mol. The van der Waals surface area contributed by atoms with Crippen LogP contribution in [0.2, 0.25) is 36.3 Å². The largest absolute Gasteiger partial charge is 0.532 e. The molecule has 0 spiro atoms. The molecule has 8 heteroatoms. The van der Waals surface area contributed by atoms with E-state index in [1.165, 1.54) is 94.3 Å². The molecule has 0 atom stereocenters. The average Bonchev–Trinajstić information content (AvgIpc) is 2.81. The summed E-state index contributed by atoms with van der Waals surface area (Å²) in [7, 11) is -0.781. The second-order valence-electron chi connectivity index (χ2n) is 10.3. The van der Waals surface area contributed by atoms with E-state index in [-0.39, 0.29) is 5.79 Å². The first kappa shape index (κ1) is 31.5. The van der Waals surface area contributed by atoms with Gasteiger partial charge in [0.2, 0.25) is 0 Å². The first-order chi connectivity index (χ1) is 15.9. The first-order valence-corrected chi connectivity index (χ1v) is 21.0. The molecule has 1 saturated heterocycles. The molecule has 1 aliphatic rings. The molecule has 0 saturated carbocycles. The molecule has 0 aromatic carbocycles. The van der Waals surface area contributed by atoms with Crippen LogP contribution in [-0.2, 0) is 13.3 Å². The fraction of sp³-hybridized carbons (Fsp3) is 1.00. The zero-order valence-electron chi connectivity index (χ0n) is 23.8. The van der Waals surface area contributed by atoms with E-state index in [0.29, 0.717) is 0 Å². The van der Waals surface area contributed by atoms with E-state index in [0.717, 1.165) is 0 Å². The SMILES string of the molecule is CCC[Si](CCC)(CCC)N1CCCN([Si](CCC)(CCC)CCC)C1[Si](OC)(OC)OC. The van der Waals surface area contributed by atoms with Gasteiger partial charge in [-0.25, -0.2) is 0 Å². The number of nitrogens with zero attached hydrogens (tertiary/aromatic N) is 2. The summed E-state index contributed by atoms with van der Waals surface area (Å²) in [5.74, 6) is 0.193. The quantitative estimate of drug-likeness (QED) is 0.181. The van der Waals surface area contributed by atoms with Crippen LogP contribution in [0.4, 0.5) is 0 Å². The minimum atomic E-state index is -2.92. The van der Waals surface area contributed by atoms with Gasteiger partial charge in [-0.15, -0.1) is 0 Å². The third kappa shape index (κ3) is 7.02. The lowest BCUT2D eigenvalue weighted by Gasteiger charge is -2.60. The Bertz CT molecular complexity index is 447. The Kier molecular flexibility index (Phi) is 14.8. The lowest BCUT2D eigenvalue weighted by Crippen LogP contribution is -2.79. The molecule has 0 aromatic heterocycles. The molecule has 1 aliphatic heterocycles. The Labute approximate surface area is 210 Å². The van der Waals surface area contributed by atoms with Crippen molar-refractivity contribution in [2.45, 2.75) is 129 Å². The Balaban J connectivity index is 3.81. The maximum absolute atomic E-state index is 6.35. The molecular formula is C25H58N2O3Si3. The van der Waals surface area contributed by atoms with Crippen molar-refractivity contribution in [2.24, 2.45) is 0 Å². The van der Waals surface area contributed by atoms with Crippen LogP contribution in [0.15, 0.2) is 0 Å². The van der Waals surface area contributed by atoms with Gasteiger partial charge < -0.3 is 22.4 Å². The zero-order valence-corrected chi connectivity index (χ0v) is 26.8. The molecule has 1 heterocycles. The highest BCUT2D eigenvalue weighted by Crippen LogP contribution is 2.42. The molecule has 1 fully saturated rings. The van der Waals surface area contributed by atoms with Crippen LogP contribution in [0.1, 0.15) is 86.5 Å². The van der Waals surface area contributed by atoms with Gasteiger partial charge in [-0.1, -0.05) is 80.1 Å². The maximum atomic E-state index is 6.35. The van der Waals surface area contributed by atoms with Crippen LogP contribution >= 0.6 is 0 Å². The third-order valence-corrected chi connectivity index (χ3v) is 23.5. The highest BCUT2D eigenvalue weighted by atomic mass is 28.4. The van der Waals surface area contributed by atoms with Crippen molar-refractivity contribution in [3.8, 4) is 0 Å². The van der Waals surface area contributed by atoms with Crippen molar-refractivity contribution in [3.63, 3.8) is 0 Å². The highest BCUT2D eigenvalue weighted by molar-refractivity contribution is 6.81. The Morgan fingerprint density at radius 3 is 1.03 bits per heavy atom. The van der Waals surface area contributed by atoms with Gasteiger partial charge in [-0.3, -0.25) is 0 Å². The second kappa shape index (κ2) is 15.5. The molecule has 0 bridgehead atoms. The minimum absolute atomic E-state index is 0.193. The summed E-state index contributed by atoms with van der Waals surface area (Å²) in [6.45, 7) is 16.7. The van der Waals surface area contributed by atoms with Gasteiger partial charge in [0.05, 0.1) is 0 Å². The predicted molar refractivity (Wildman–Crippen MR) is 151 cm³/mol. The Morgan fingerprint density at radius 1 is 0.545 bits per heavy atom. The normalized spacial score (nSPS) is 17.7. The molecule has 1 rings (SSSR count). The van der Waals surface area contributed by atoms with Crippen molar-refractivity contribution >= 4 is 25.3 Å². The van der Waals surface area contributed by atoms with Crippen molar-refractivity contribution < 1.29 is 13.3 Å². The Morgan fingerprint density at radius 2 is 0.818 bits per heavy atom. The summed E-state index contributed by atoms with van der Waals surface area (Å²) in [4.78, 5) is 0. The summed E-state index contributed by atoms with van der Waals surface area (Å²) in [6.07, 6.45) is 8.93. The smallest absolute Gasteiger partial charge is 0.375 e. The number of hydrogen-bond acceptors (Lipinski definition) is 5. The molecule has 0 unspecified atom stereocenters. The molecule has 0 radical (unpaired) electrons. The average molecular weight is 519 g/mol. The second-order valence-corrected chi connectivity index (χ2v) is 22.3. The standard InChI is InChI=1S/C25H58N2O3Si3/c1-10-19-31(20-11-2,21-12-3)26-17-16-18-27(25(26)33(28-7,29-8)30-9)32(22-13-4,23-14-5)24-15-6/h25H,10-24H2,1-9H3. The summed E-state index contributed by atoms with van der Waals surface area (Å²) in [5, 5.41) is 0. The van der Waals surface area contributed by atoms with Crippen molar-refractivity contribution in [1.29, 1.82) is 0 Å². The Hall–Kier alpha value is 0.451. The van der Waals surface area contributed by atoms with E-state index in [9.17, 15) is 0 Å². The van der Waals surface area contributed by atoms with Crippen LogP contribution in [-0.4, -0.2) is 74.6 Å². The molecule has 0 N–H and O–H groups in total. The van der Waals surface area contributed by atoms with Gasteiger partial charge in [0.15, 0.2) is 0 Å². The molecule has 0 aromatic rings. The van der Waals surface area contributed by atoms with Crippen LogP contribution in [0, 0.1) is 0 Å². The van der Waals surface area contributed by atoms with E-state index in [1.807, 2.05) is 21.3 Å². The molecule has 0 amide bonds. The first-order valence-electron chi connectivity index (χ1n) is 14.1. The predicted octanol–water partition coefficient (Wildman–Crippen LogP) is 7.09. The molecule has 33 heavy (non-hydrogen) atoms. The number of hydrogen-bond donors (Lipinski definition) is 0. The van der Waals surface area contributed by atoms with Crippen molar-refractivity contribution in [2.75, 3.05) is 34.4 Å². The van der Waals surface area contributed by atoms with Crippen LogP contribution in [0.5, 0.6) is 0 Å². The maximum Gasteiger partial charge on any atom is 0.532 e. The lowest BCUT2D eigenvalue weighted by molar-refractivity contribution is 0.0400.